The van der Waals surface area contributed by atoms with Crippen LogP contribution in [-0.4, -0.2) is 43.9 Å². The molecule has 1 aliphatic heterocycles. The highest BCUT2D eigenvalue weighted by Gasteiger charge is 2.22. The first kappa shape index (κ1) is 13.9. The van der Waals surface area contributed by atoms with Crippen molar-refractivity contribution in [3.05, 3.63) is 20.8 Å². The Morgan fingerprint density at radius 1 is 1.24 bits per heavy atom. The minimum absolute atomic E-state index is 0.0887. The number of H-pyrrole nitrogens is 1. The fourth-order valence-electron chi connectivity index (χ4n) is 2.87. The van der Waals surface area contributed by atoms with Crippen molar-refractivity contribution in [3.8, 4) is 0 Å². The second kappa shape index (κ2) is 5.36. The number of piperidine rings is 1. The summed E-state index contributed by atoms with van der Waals surface area (Å²) in [5.41, 5.74) is -0.242. The zero-order chi connectivity index (χ0) is 15.0. The van der Waals surface area contributed by atoms with E-state index in [9.17, 15) is 14.7 Å². The second-order valence-electron chi connectivity index (χ2n) is 5.33. The van der Waals surface area contributed by atoms with E-state index in [1.54, 1.807) is 11.6 Å². The van der Waals surface area contributed by atoms with Crippen molar-refractivity contribution in [2.75, 3.05) is 24.6 Å². The summed E-state index contributed by atoms with van der Waals surface area (Å²) in [7, 11) is 1.58. The molecule has 0 aliphatic carbocycles. The third-order valence-electron chi connectivity index (χ3n) is 3.95. The third kappa shape index (κ3) is 2.25. The van der Waals surface area contributed by atoms with Gasteiger partial charge in [0.25, 0.3) is 5.56 Å². The van der Waals surface area contributed by atoms with Crippen molar-refractivity contribution >= 4 is 17.1 Å². The van der Waals surface area contributed by atoms with Gasteiger partial charge < -0.3 is 14.6 Å². The molecular formula is C13H19N5O3. The van der Waals surface area contributed by atoms with Gasteiger partial charge in [-0.1, -0.05) is 0 Å². The zero-order valence-corrected chi connectivity index (χ0v) is 12.0. The molecule has 1 saturated heterocycles. The molecule has 2 aromatic heterocycles. The molecule has 21 heavy (non-hydrogen) atoms. The minimum atomic E-state index is -0.480. The number of aliphatic hydroxyl groups is 1. The summed E-state index contributed by atoms with van der Waals surface area (Å²) in [5, 5.41) is 9.29. The monoisotopic (exact) mass is 293 g/mol. The summed E-state index contributed by atoms with van der Waals surface area (Å²) in [6.07, 6.45) is 3.35. The molecular weight excluding hydrogens is 274 g/mol. The van der Waals surface area contributed by atoms with Crippen LogP contribution >= 0.6 is 0 Å². The fraction of sp³-hybridized carbons (Fsp3) is 0.615. The number of aliphatic hydroxyl groups excluding tert-OH is 1. The number of rotatable bonds is 3. The van der Waals surface area contributed by atoms with E-state index >= 15 is 0 Å². The zero-order valence-electron chi connectivity index (χ0n) is 12.0. The van der Waals surface area contributed by atoms with E-state index < -0.39 is 11.2 Å². The van der Waals surface area contributed by atoms with Crippen LogP contribution in [0.5, 0.6) is 0 Å². The van der Waals surface area contributed by atoms with Crippen LogP contribution < -0.4 is 16.1 Å². The molecule has 2 aromatic rings. The first-order chi connectivity index (χ1) is 10.1. The number of fused-ring (bicyclic) bond motifs is 1. The Balaban J connectivity index is 2.26. The number of nitrogens with zero attached hydrogens (tertiary/aromatic N) is 4. The summed E-state index contributed by atoms with van der Waals surface area (Å²) in [4.78, 5) is 32.7. The van der Waals surface area contributed by atoms with Crippen molar-refractivity contribution < 1.29 is 5.11 Å². The van der Waals surface area contributed by atoms with Crippen molar-refractivity contribution in [1.82, 2.24) is 19.1 Å². The minimum Gasteiger partial charge on any atom is -0.395 e. The largest absolute Gasteiger partial charge is 0.395 e. The van der Waals surface area contributed by atoms with Gasteiger partial charge in [0, 0.05) is 26.7 Å². The van der Waals surface area contributed by atoms with Crippen molar-refractivity contribution in [3.63, 3.8) is 0 Å². The molecule has 8 nitrogen and oxygen atoms in total. The summed E-state index contributed by atoms with van der Waals surface area (Å²) >= 11 is 0. The Morgan fingerprint density at radius 3 is 2.62 bits per heavy atom. The normalized spacial score (nSPS) is 15.8. The van der Waals surface area contributed by atoms with Crippen LogP contribution in [0.2, 0.25) is 0 Å². The number of aryl methyl sites for hydroxylation is 1. The van der Waals surface area contributed by atoms with Gasteiger partial charge in [-0.2, -0.15) is 4.98 Å². The maximum Gasteiger partial charge on any atom is 0.329 e. The molecule has 0 spiro atoms. The number of imidazole rings is 1. The van der Waals surface area contributed by atoms with Crippen LogP contribution in [0.15, 0.2) is 9.59 Å². The predicted molar refractivity (Wildman–Crippen MR) is 78.7 cm³/mol. The van der Waals surface area contributed by atoms with Crippen LogP contribution in [-0.2, 0) is 13.6 Å². The van der Waals surface area contributed by atoms with E-state index in [-0.39, 0.29) is 13.2 Å². The molecule has 1 aliphatic rings. The first-order valence-electron chi connectivity index (χ1n) is 7.19. The Morgan fingerprint density at radius 2 is 1.95 bits per heavy atom. The molecule has 0 aromatic carbocycles. The smallest absolute Gasteiger partial charge is 0.329 e. The van der Waals surface area contributed by atoms with Crippen molar-refractivity contribution in [1.29, 1.82) is 0 Å². The van der Waals surface area contributed by atoms with E-state index in [0.29, 0.717) is 17.1 Å². The average Bonchev–Trinajstić information content (AvgIpc) is 2.86. The first-order valence-corrected chi connectivity index (χ1v) is 7.19. The molecule has 0 unspecified atom stereocenters. The van der Waals surface area contributed by atoms with E-state index in [1.807, 2.05) is 0 Å². The molecule has 3 heterocycles. The highest BCUT2D eigenvalue weighted by Crippen LogP contribution is 2.22. The SMILES string of the molecule is Cn1c(=O)[nH]c(=O)c2c1nc(N1CCCCC1)n2CCO. The number of anilines is 1. The number of aromatic nitrogens is 4. The van der Waals surface area contributed by atoms with E-state index in [0.717, 1.165) is 25.9 Å². The van der Waals surface area contributed by atoms with Crippen LogP contribution in [0.25, 0.3) is 11.2 Å². The lowest BCUT2D eigenvalue weighted by Gasteiger charge is -2.28. The van der Waals surface area contributed by atoms with Crippen molar-refractivity contribution in [2.24, 2.45) is 7.05 Å². The van der Waals surface area contributed by atoms with E-state index in [4.69, 9.17) is 0 Å². The van der Waals surface area contributed by atoms with Gasteiger partial charge in [0.05, 0.1) is 6.61 Å². The molecule has 8 heteroatoms. The molecule has 0 saturated carbocycles. The van der Waals surface area contributed by atoms with Gasteiger partial charge >= 0.3 is 5.69 Å². The second-order valence-corrected chi connectivity index (χ2v) is 5.33. The van der Waals surface area contributed by atoms with Gasteiger partial charge in [-0.3, -0.25) is 14.3 Å². The fourth-order valence-corrected chi connectivity index (χ4v) is 2.87. The van der Waals surface area contributed by atoms with Gasteiger partial charge in [0.2, 0.25) is 5.95 Å². The van der Waals surface area contributed by atoms with Crippen LogP contribution in [0.4, 0.5) is 5.95 Å². The number of aromatic amines is 1. The molecule has 2 N–H and O–H groups in total. The number of nitrogens with one attached hydrogen (secondary N) is 1. The summed E-state index contributed by atoms with van der Waals surface area (Å²) in [5.74, 6) is 0.658. The van der Waals surface area contributed by atoms with Crippen LogP contribution in [0, 0.1) is 0 Å². The summed E-state index contributed by atoms with van der Waals surface area (Å²) in [6, 6.07) is 0. The molecule has 0 atom stereocenters. The van der Waals surface area contributed by atoms with Crippen molar-refractivity contribution in [2.45, 2.75) is 25.8 Å². The molecule has 1 fully saturated rings. The van der Waals surface area contributed by atoms with E-state index in [1.165, 1.54) is 11.0 Å². The Hall–Kier alpha value is -2.09. The highest BCUT2D eigenvalue weighted by molar-refractivity contribution is 5.74. The Bertz CT molecular complexity index is 766. The van der Waals surface area contributed by atoms with Crippen LogP contribution in [0.1, 0.15) is 19.3 Å². The molecule has 3 rings (SSSR count). The lowest BCUT2D eigenvalue weighted by atomic mass is 10.1. The van der Waals surface area contributed by atoms with E-state index in [2.05, 4.69) is 14.9 Å². The lowest BCUT2D eigenvalue weighted by molar-refractivity contribution is 0.277. The average molecular weight is 293 g/mol. The van der Waals surface area contributed by atoms with Gasteiger partial charge in [-0.25, -0.2) is 4.79 Å². The molecule has 0 radical (unpaired) electrons. The maximum atomic E-state index is 12.1. The number of hydrogen-bond acceptors (Lipinski definition) is 5. The third-order valence-corrected chi connectivity index (χ3v) is 3.95. The van der Waals surface area contributed by atoms with Gasteiger partial charge in [-0.05, 0) is 19.3 Å². The topological polar surface area (TPSA) is 96.1 Å². The standard InChI is InChI=1S/C13H19N5O3/c1-16-10-9(11(20)15-13(16)21)18(7-8-19)12(14-10)17-5-3-2-4-6-17/h19H,2-8H2,1H3,(H,15,20,21). The summed E-state index contributed by atoms with van der Waals surface area (Å²) < 4.78 is 3.04. The summed E-state index contributed by atoms with van der Waals surface area (Å²) in [6.45, 7) is 1.94. The molecule has 0 bridgehead atoms. The number of hydrogen-bond donors (Lipinski definition) is 2. The predicted octanol–water partition coefficient (Wildman–Crippen LogP) is -0.594. The van der Waals surface area contributed by atoms with Gasteiger partial charge in [0.1, 0.15) is 0 Å². The quantitative estimate of drug-likeness (QED) is 0.788. The Kier molecular flexibility index (Phi) is 3.54. The highest BCUT2D eigenvalue weighted by atomic mass is 16.3. The van der Waals surface area contributed by atoms with Crippen LogP contribution in [0.3, 0.4) is 0 Å². The van der Waals surface area contributed by atoms with Gasteiger partial charge in [0.15, 0.2) is 11.2 Å². The maximum absolute atomic E-state index is 12.1. The molecule has 114 valence electrons. The lowest BCUT2D eigenvalue weighted by Crippen LogP contribution is -2.32. The van der Waals surface area contributed by atoms with Gasteiger partial charge in [-0.15, -0.1) is 0 Å². The Labute approximate surface area is 120 Å². The molecule has 0 amide bonds.